The van der Waals surface area contributed by atoms with Crippen LogP contribution >= 0.6 is 0 Å². The van der Waals surface area contributed by atoms with Crippen LogP contribution in [0.2, 0.25) is 0 Å². The molecule has 5 nitrogen and oxygen atoms in total. The van der Waals surface area contributed by atoms with Crippen molar-refractivity contribution in [1.29, 1.82) is 0 Å². The number of hydrogen-bond donors (Lipinski definition) is 2. The lowest BCUT2D eigenvalue weighted by atomic mass is 10.0. The third-order valence-electron chi connectivity index (χ3n) is 2.79. The van der Waals surface area contributed by atoms with Crippen LogP contribution in [0.25, 0.3) is 0 Å². The highest BCUT2D eigenvalue weighted by Gasteiger charge is 2.28. The molecule has 0 aromatic carbocycles. The highest BCUT2D eigenvalue weighted by molar-refractivity contribution is 5.08. The summed E-state index contributed by atoms with van der Waals surface area (Å²) >= 11 is 0. The van der Waals surface area contributed by atoms with E-state index in [9.17, 15) is 4.79 Å². The molecule has 1 aromatic rings. The van der Waals surface area contributed by atoms with E-state index in [4.69, 9.17) is 4.74 Å². The van der Waals surface area contributed by atoms with E-state index in [0.717, 1.165) is 12.1 Å². The van der Waals surface area contributed by atoms with E-state index in [1.54, 1.807) is 0 Å². The SMILES string of the molecule is CCOC(C)(CC)c1nc(CNC)cc(=O)[nH]1. The molecule has 5 heteroatoms. The summed E-state index contributed by atoms with van der Waals surface area (Å²) in [6.45, 7) is 7.05. The largest absolute Gasteiger partial charge is 0.368 e. The van der Waals surface area contributed by atoms with Crippen LogP contribution in [0, 0.1) is 0 Å². The van der Waals surface area contributed by atoms with Gasteiger partial charge in [0.2, 0.25) is 0 Å². The molecule has 2 N–H and O–H groups in total. The van der Waals surface area contributed by atoms with Crippen molar-refractivity contribution in [2.24, 2.45) is 0 Å². The fourth-order valence-corrected chi connectivity index (χ4v) is 1.69. The molecule has 0 saturated carbocycles. The second kappa shape index (κ2) is 5.93. The van der Waals surface area contributed by atoms with Crippen LogP contribution in [0.4, 0.5) is 0 Å². The van der Waals surface area contributed by atoms with Gasteiger partial charge in [0.1, 0.15) is 11.4 Å². The second-order valence-corrected chi connectivity index (χ2v) is 4.13. The molecule has 1 heterocycles. The number of H-pyrrole nitrogens is 1. The molecule has 0 spiro atoms. The summed E-state index contributed by atoms with van der Waals surface area (Å²) in [5.74, 6) is 0.597. The number of rotatable bonds is 6. The average molecular weight is 239 g/mol. The van der Waals surface area contributed by atoms with E-state index in [2.05, 4.69) is 15.3 Å². The van der Waals surface area contributed by atoms with Crippen LogP contribution in [0.5, 0.6) is 0 Å². The first-order valence-corrected chi connectivity index (χ1v) is 5.95. The van der Waals surface area contributed by atoms with Crippen LogP contribution < -0.4 is 10.9 Å². The Hall–Kier alpha value is -1.20. The Bertz CT molecular complexity index is 416. The zero-order valence-corrected chi connectivity index (χ0v) is 11.0. The van der Waals surface area contributed by atoms with E-state index >= 15 is 0 Å². The van der Waals surface area contributed by atoms with Gasteiger partial charge < -0.3 is 15.0 Å². The number of nitrogens with one attached hydrogen (secondary N) is 2. The third kappa shape index (κ3) is 3.38. The predicted octanol–water partition coefficient (Wildman–Crippen LogP) is 1.15. The van der Waals surface area contributed by atoms with E-state index in [0.29, 0.717) is 19.0 Å². The Balaban J connectivity index is 3.15. The van der Waals surface area contributed by atoms with Crippen molar-refractivity contribution < 1.29 is 4.74 Å². The van der Waals surface area contributed by atoms with Gasteiger partial charge in [-0.05, 0) is 27.3 Å². The molecule has 0 aliphatic rings. The fraction of sp³-hybridized carbons (Fsp3) is 0.667. The van der Waals surface area contributed by atoms with Crippen molar-refractivity contribution in [3.8, 4) is 0 Å². The van der Waals surface area contributed by atoms with Gasteiger partial charge in [0, 0.05) is 19.2 Å². The molecule has 17 heavy (non-hydrogen) atoms. The number of hydrogen-bond acceptors (Lipinski definition) is 4. The van der Waals surface area contributed by atoms with E-state index < -0.39 is 5.60 Å². The number of ether oxygens (including phenoxy) is 1. The van der Waals surface area contributed by atoms with Gasteiger partial charge in [-0.2, -0.15) is 0 Å². The normalized spacial score (nSPS) is 14.6. The monoisotopic (exact) mass is 239 g/mol. The molecule has 0 fully saturated rings. The Morgan fingerprint density at radius 3 is 2.76 bits per heavy atom. The van der Waals surface area contributed by atoms with Gasteiger partial charge in [0.15, 0.2) is 0 Å². The molecular formula is C12H21N3O2. The van der Waals surface area contributed by atoms with Crippen LogP contribution in [0.3, 0.4) is 0 Å². The molecule has 0 radical (unpaired) electrons. The highest BCUT2D eigenvalue weighted by atomic mass is 16.5. The summed E-state index contributed by atoms with van der Waals surface area (Å²) < 4.78 is 5.70. The maximum Gasteiger partial charge on any atom is 0.251 e. The Kier molecular flexibility index (Phi) is 4.84. The van der Waals surface area contributed by atoms with Gasteiger partial charge in [-0.15, -0.1) is 0 Å². The Labute approximate surface area is 102 Å². The smallest absolute Gasteiger partial charge is 0.251 e. The van der Waals surface area contributed by atoms with Gasteiger partial charge >= 0.3 is 0 Å². The molecule has 0 aliphatic heterocycles. The van der Waals surface area contributed by atoms with Crippen molar-refractivity contribution >= 4 is 0 Å². The van der Waals surface area contributed by atoms with Crippen molar-refractivity contribution in [3.05, 3.63) is 27.9 Å². The van der Waals surface area contributed by atoms with E-state index in [-0.39, 0.29) is 5.56 Å². The molecule has 1 atom stereocenters. The molecular weight excluding hydrogens is 218 g/mol. The maximum absolute atomic E-state index is 11.6. The molecule has 1 unspecified atom stereocenters. The van der Waals surface area contributed by atoms with Crippen molar-refractivity contribution in [2.75, 3.05) is 13.7 Å². The number of nitrogens with zero attached hydrogens (tertiary/aromatic N) is 1. The summed E-state index contributed by atoms with van der Waals surface area (Å²) in [4.78, 5) is 18.8. The minimum absolute atomic E-state index is 0.139. The minimum Gasteiger partial charge on any atom is -0.368 e. The van der Waals surface area contributed by atoms with E-state index in [1.807, 2.05) is 27.8 Å². The summed E-state index contributed by atoms with van der Waals surface area (Å²) in [5, 5.41) is 2.98. The number of aromatic nitrogens is 2. The molecule has 0 amide bonds. The fourth-order valence-electron chi connectivity index (χ4n) is 1.69. The zero-order valence-electron chi connectivity index (χ0n) is 11.0. The van der Waals surface area contributed by atoms with Crippen molar-refractivity contribution in [2.45, 2.75) is 39.3 Å². The summed E-state index contributed by atoms with van der Waals surface area (Å²) in [6, 6.07) is 1.50. The summed E-state index contributed by atoms with van der Waals surface area (Å²) in [5.41, 5.74) is 0.0581. The van der Waals surface area contributed by atoms with Gasteiger partial charge in [-0.3, -0.25) is 4.79 Å². The first-order chi connectivity index (χ1) is 8.05. The van der Waals surface area contributed by atoms with Gasteiger partial charge in [0.05, 0.1) is 5.69 Å². The predicted molar refractivity (Wildman–Crippen MR) is 66.9 cm³/mol. The lowest BCUT2D eigenvalue weighted by Gasteiger charge is -2.27. The van der Waals surface area contributed by atoms with E-state index in [1.165, 1.54) is 6.07 Å². The number of aromatic amines is 1. The topological polar surface area (TPSA) is 67.0 Å². The molecule has 0 saturated heterocycles. The molecule has 96 valence electrons. The Morgan fingerprint density at radius 1 is 1.53 bits per heavy atom. The summed E-state index contributed by atoms with van der Waals surface area (Å²) in [7, 11) is 1.82. The first kappa shape index (κ1) is 13.9. The minimum atomic E-state index is -0.530. The zero-order chi connectivity index (χ0) is 12.9. The van der Waals surface area contributed by atoms with Crippen molar-refractivity contribution in [1.82, 2.24) is 15.3 Å². The van der Waals surface area contributed by atoms with Crippen LogP contribution in [-0.2, 0) is 16.9 Å². The third-order valence-corrected chi connectivity index (χ3v) is 2.79. The first-order valence-electron chi connectivity index (χ1n) is 5.95. The molecule has 1 rings (SSSR count). The van der Waals surface area contributed by atoms with Gasteiger partial charge in [-0.1, -0.05) is 6.92 Å². The lowest BCUT2D eigenvalue weighted by Crippen LogP contribution is -2.31. The lowest BCUT2D eigenvalue weighted by molar-refractivity contribution is -0.0393. The van der Waals surface area contributed by atoms with Gasteiger partial charge in [0.25, 0.3) is 5.56 Å². The molecule has 0 bridgehead atoms. The quantitative estimate of drug-likeness (QED) is 0.781. The van der Waals surface area contributed by atoms with Crippen molar-refractivity contribution in [3.63, 3.8) is 0 Å². The van der Waals surface area contributed by atoms with Crippen LogP contribution in [0.15, 0.2) is 10.9 Å². The molecule has 1 aromatic heterocycles. The standard InChI is InChI=1S/C12H21N3O2/c1-5-12(3,17-6-2)11-14-9(8-13-4)7-10(16)15-11/h7,13H,5-6,8H2,1-4H3,(H,14,15,16). The summed E-state index contributed by atoms with van der Waals surface area (Å²) in [6.07, 6.45) is 0.757. The van der Waals surface area contributed by atoms with Gasteiger partial charge in [-0.25, -0.2) is 4.98 Å². The second-order valence-electron chi connectivity index (χ2n) is 4.13. The molecule has 0 aliphatic carbocycles. The highest BCUT2D eigenvalue weighted by Crippen LogP contribution is 2.25. The van der Waals surface area contributed by atoms with Crippen LogP contribution in [-0.4, -0.2) is 23.6 Å². The van der Waals surface area contributed by atoms with Crippen LogP contribution in [0.1, 0.15) is 38.7 Å². The Morgan fingerprint density at radius 2 is 2.24 bits per heavy atom. The average Bonchev–Trinajstić information content (AvgIpc) is 2.29. The maximum atomic E-state index is 11.6.